The fourth-order valence-corrected chi connectivity index (χ4v) is 0. The number of hydrogen-bond donors (Lipinski definition) is 3. The van der Waals surface area contributed by atoms with E-state index >= 15 is 0 Å². The van der Waals surface area contributed by atoms with Gasteiger partial charge in [-0.2, -0.15) is 0 Å². The molecule has 0 saturated heterocycles. The molecule has 8 heavy (non-hydrogen) atoms. The second-order valence-electron chi connectivity index (χ2n) is 0.513. The Morgan fingerprint density at radius 1 is 1.00 bits per heavy atom. The smallest absolute Gasteiger partial charge is 0 e. The van der Waals surface area contributed by atoms with E-state index < -0.39 is 7.82 Å². The molecule has 0 aromatic carbocycles. The van der Waals surface area contributed by atoms with E-state index in [0.717, 1.165) is 0 Å². The first-order chi connectivity index (χ1) is 2.00. The molecule has 0 aromatic heterocycles. The Kier molecular flexibility index (Phi) is 25.0. The molecule has 0 bridgehead atoms. The zero-order chi connectivity index (χ0) is 4.50. The van der Waals surface area contributed by atoms with Gasteiger partial charge in [-0.15, -0.1) is 0 Å². The predicted octanol–water partition coefficient (Wildman–Crippen LogP) is -2.23. The first-order valence-corrected chi connectivity index (χ1v) is 2.35. The average molecular weight is 165 g/mol. The van der Waals surface area contributed by atoms with E-state index in [1.54, 1.807) is 0 Å². The largest absolute Gasteiger partial charge is 0 e. The third-order valence-corrected chi connectivity index (χ3v) is 0. The van der Waals surface area contributed by atoms with Crippen molar-refractivity contribution >= 4 is 45.5 Å². The van der Waals surface area contributed by atoms with Gasteiger partial charge in [0.05, 0.1) is 0 Å². The molecule has 0 spiro atoms. The molecule has 41 valence electrons. The number of phosphoric acid groups is 1. The SMILES string of the molecule is O=P(O)(O)O.[LiH].[LiH].[V]. The van der Waals surface area contributed by atoms with Crippen molar-refractivity contribution in [3.8, 4) is 0 Å². The zero-order valence-electron chi connectivity index (χ0n) is 2.64. The van der Waals surface area contributed by atoms with Crippen LogP contribution in [0.3, 0.4) is 0 Å². The summed E-state index contributed by atoms with van der Waals surface area (Å²) in [7, 11) is -4.64. The first-order valence-electron chi connectivity index (χ1n) is 0.783. The average Bonchev–Trinajstić information content (AvgIpc) is 0.722. The Morgan fingerprint density at radius 3 is 1.00 bits per heavy atom. The fourth-order valence-electron chi connectivity index (χ4n) is 0. The molecule has 8 heteroatoms. The zero-order valence-corrected chi connectivity index (χ0v) is 4.94. The second-order valence-corrected chi connectivity index (χ2v) is 1.54. The van der Waals surface area contributed by atoms with E-state index in [4.69, 9.17) is 19.2 Å². The van der Waals surface area contributed by atoms with E-state index in [-0.39, 0.29) is 56.3 Å². The molecule has 0 fully saturated rings. The van der Waals surface area contributed by atoms with Gasteiger partial charge in [0.15, 0.2) is 0 Å². The molecule has 0 saturated carbocycles. The summed E-state index contributed by atoms with van der Waals surface area (Å²) < 4.78 is 8.88. The summed E-state index contributed by atoms with van der Waals surface area (Å²) in [4.78, 5) is 21.6. The van der Waals surface area contributed by atoms with Crippen molar-refractivity contribution in [2.24, 2.45) is 0 Å². The van der Waals surface area contributed by atoms with Crippen LogP contribution < -0.4 is 0 Å². The van der Waals surface area contributed by atoms with Gasteiger partial charge in [0.25, 0.3) is 0 Å². The van der Waals surface area contributed by atoms with Crippen LogP contribution in [0.1, 0.15) is 0 Å². The third-order valence-electron chi connectivity index (χ3n) is 0. The van der Waals surface area contributed by atoms with Crippen molar-refractivity contribution in [1.29, 1.82) is 0 Å². The summed E-state index contributed by atoms with van der Waals surface area (Å²) in [5.74, 6) is 0. The summed E-state index contributed by atoms with van der Waals surface area (Å²) in [5, 5.41) is 0. The quantitative estimate of drug-likeness (QED) is 0.280. The van der Waals surface area contributed by atoms with Gasteiger partial charge in [0.1, 0.15) is 0 Å². The maximum Gasteiger partial charge on any atom is 0 e. The van der Waals surface area contributed by atoms with E-state index in [9.17, 15) is 0 Å². The van der Waals surface area contributed by atoms with Crippen LogP contribution in [0.2, 0.25) is 0 Å². The molecule has 0 aliphatic rings. The molecular formula is H5Li2O4PV. The van der Waals surface area contributed by atoms with Gasteiger partial charge >= 0.3 is 45.5 Å². The van der Waals surface area contributed by atoms with Crippen LogP contribution in [-0.2, 0) is 23.1 Å². The molecule has 3 N–H and O–H groups in total. The summed E-state index contributed by atoms with van der Waals surface area (Å²) in [6.07, 6.45) is 0. The normalized spacial score (nSPS) is 7.38. The standard InChI is InChI=1S/2Li.H3O4P.V.2H/c;;1-5(2,3)4;;;/h;;(H3,1,2,3,4);;;. The van der Waals surface area contributed by atoms with Crippen molar-refractivity contribution in [3.05, 3.63) is 0 Å². The molecule has 0 aliphatic heterocycles. The molecule has 0 amide bonds. The Balaban J connectivity index is -0.0000000267. The molecule has 0 rings (SSSR count). The predicted molar refractivity (Wildman–Crippen MR) is 28.6 cm³/mol. The molecule has 0 heterocycles. The van der Waals surface area contributed by atoms with Gasteiger partial charge in [-0.1, -0.05) is 0 Å². The third kappa shape index (κ3) is 105. The summed E-state index contributed by atoms with van der Waals surface area (Å²) in [6, 6.07) is 0. The molecule has 0 unspecified atom stereocenters. The maximum absolute atomic E-state index is 8.88. The van der Waals surface area contributed by atoms with Gasteiger partial charge in [0.2, 0.25) is 0 Å². The van der Waals surface area contributed by atoms with Crippen LogP contribution in [-0.4, -0.2) is 52.4 Å². The minimum Gasteiger partial charge on any atom is 0 e. The van der Waals surface area contributed by atoms with Crippen molar-refractivity contribution in [2.75, 3.05) is 0 Å². The van der Waals surface area contributed by atoms with Crippen LogP contribution >= 0.6 is 7.82 Å². The van der Waals surface area contributed by atoms with Gasteiger partial charge in [0, 0.05) is 18.6 Å². The maximum atomic E-state index is 8.88. The van der Waals surface area contributed by atoms with Crippen LogP contribution in [0, 0.1) is 0 Å². The molecule has 0 aliphatic carbocycles. The fraction of sp³-hybridized carbons (Fsp3) is 0. The van der Waals surface area contributed by atoms with Crippen molar-refractivity contribution in [1.82, 2.24) is 0 Å². The molecular weight excluding hydrogens is 160 g/mol. The van der Waals surface area contributed by atoms with Crippen LogP contribution in [0.25, 0.3) is 0 Å². The first kappa shape index (κ1) is 22.5. The van der Waals surface area contributed by atoms with Crippen LogP contribution in [0.4, 0.5) is 0 Å². The van der Waals surface area contributed by atoms with Gasteiger partial charge in [-0.3, -0.25) is 0 Å². The van der Waals surface area contributed by atoms with Crippen molar-refractivity contribution in [2.45, 2.75) is 0 Å². The Bertz CT molecular complexity index is 60.2. The van der Waals surface area contributed by atoms with Crippen LogP contribution in [0.5, 0.6) is 0 Å². The molecule has 0 atom stereocenters. The minimum absolute atomic E-state index is 0. The molecule has 1 radical (unpaired) electrons. The summed E-state index contributed by atoms with van der Waals surface area (Å²) >= 11 is 0. The minimum atomic E-state index is -4.64. The van der Waals surface area contributed by atoms with Crippen LogP contribution in [0.15, 0.2) is 0 Å². The van der Waals surface area contributed by atoms with Gasteiger partial charge in [-0.25, -0.2) is 4.57 Å². The van der Waals surface area contributed by atoms with E-state index in [0.29, 0.717) is 0 Å². The topological polar surface area (TPSA) is 77.8 Å². The van der Waals surface area contributed by atoms with Gasteiger partial charge < -0.3 is 14.7 Å². The van der Waals surface area contributed by atoms with Crippen molar-refractivity contribution in [3.63, 3.8) is 0 Å². The number of hydrogen-bond acceptors (Lipinski definition) is 1. The van der Waals surface area contributed by atoms with E-state index in [1.807, 2.05) is 0 Å². The van der Waals surface area contributed by atoms with E-state index in [2.05, 4.69) is 0 Å². The number of rotatable bonds is 0. The Morgan fingerprint density at radius 2 is 1.00 bits per heavy atom. The Hall–Kier alpha value is 1.89. The summed E-state index contributed by atoms with van der Waals surface area (Å²) in [6.45, 7) is 0. The Labute approximate surface area is 82.9 Å². The summed E-state index contributed by atoms with van der Waals surface area (Å²) in [5.41, 5.74) is 0. The van der Waals surface area contributed by atoms with Gasteiger partial charge in [-0.05, 0) is 0 Å². The van der Waals surface area contributed by atoms with E-state index in [1.165, 1.54) is 0 Å². The monoisotopic (exact) mass is 165 g/mol. The molecule has 0 aromatic rings. The second kappa shape index (κ2) is 8.89. The van der Waals surface area contributed by atoms with Crippen molar-refractivity contribution < 1.29 is 37.8 Å². The molecule has 4 nitrogen and oxygen atoms in total.